The highest BCUT2D eigenvalue weighted by molar-refractivity contribution is 5.89. The van der Waals surface area contributed by atoms with Crippen molar-refractivity contribution in [1.82, 2.24) is 19.7 Å². The zero-order valence-corrected chi connectivity index (χ0v) is 13.7. The van der Waals surface area contributed by atoms with Gasteiger partial charge < -0.3 is 10.2 Å². The van der Waals surface area contributed by atoms with Gasteiger partial charge in [0.15, 0.2) is 0 Å². The van der Waals surface area contributed by atoms with Crippen LogP contribution in [-0.2, 0) is 0 Å². The van der Waals surface area contributed by atoms with E-state index in [1.807, 2.05) is 0 Å². The Morgan fingerprint density at radius 2 is 2.00 bits per heavy atom. The van der Waals surface area contributed by atoms with Crippen LogP contribution >= 0.6 is 0 Å². The number of anilines is 1. The van der Waals surface area contributed by atoms with Gasteiger partial charge in [0.25, 0.3) is 0 Å². The molecule has 0 unspecified atom stereocenters. The van der Waals surface area contributed by atoms with E-state index >= 15 is 0 Å². The maximum Gasteiger partial charge on any atom is 0.343 e. The minimum atomic E-state index is -0.221. The molecular formula is C17H20FN5O2. The molecule has 1 saturated heterocycles. The number of halogens is 1. The number of rotatable bonds is 3. The first kappa shape index (κ1) is 15.9. The van der Waals surface area contributed by atoms with E-state index in [9.17, 15) is 14.0 Å². The second-order valence-electron chi connectivity index (χ2n) is 6.73. The van der Waals surface area contributed by atoms with Crippen molar-refractivity contribution in [2.75, 3.05) is 18.4 Å². The summed E-state index contributed by atoms with van der Waals surface area (Å²) < 4.78 is 15.4. The first-order valence-corrected chi connectivity index (χ1v) is 8.58. The molecule has 25 heavy (non-hydrogen) atoms. The Hall–Kier alpha value is -2.64. The van der Waals surface area contributed by atoms with Crippen molar-refractivity contribution < 1.29 is 9.18 Å². The monoisotopic (exact) mass is 345 g/mol. The normalized spacial score (nSPS) is 18.4. The van der Waals surface area contributed by atoms with Gasteiger partial charge in [-0.05, 0) is 55.4 Å². The first-order chi connectivity index (χ1) is 12.1. The molecule has 1 aromatic heterocycles. The van der Waals surface area contributed by atoms with Crippen LogP contribution in [0.25, 0.3) is 0 Å². The van der Waals surface area contributed by atoms with Gasteiger partial charge in [0, 0.05) is 24.8 Å². The number of aromatic nitrogens is 3. The van der Waals surface area contributed by atoms with Crippen LogP contribution in [0.3, 0.4) is 0 Å². The molecule has 1 aliphatic heterocycles. The van der Waals surface area contributed by atoms with Gasteiger partial charge in [-0.15, -0.1) is 0 Å². The summed E-state index contributed by atoms with van der Waals surface area (Å²) in [5.41, 5.74) is 1.10. The van der Waals surface area contributed by atoms with Crippen LogP contribution < -0.4 is 11.0 Å². The molecule has 132 valence electrons. The van der Waals surface area contributed by atoms with Crippen LogP contribution in [0.4, 0.5) is 14.9 Å². The number of hydrogen-bond acceptors (Lipinski definition) is 3. The van der Waals surface area contributed by atoms with Crippen molar-refractivity contribution >= 4 is 11.7 Å². The van der Waals surface area contributed by atoms with E-state index in [1.165, 1.54) is 12.4 Å². The number of likely N-dealkylation sites (tertiary alicyclic amines) is 1. The quantitative estimate of drug-likeness (QED) is 0.896. The fourth-order valence-corrected chi connectivity index (χ4v) is 3.39. The van der Waals surface area contributed by atoms with Crippen LogP contribution in [-0.4, -0.2) is 38.8 Å². The summed E-state index contributed by atoms with van der Waals surface area (Å²) >= 11 is 0. The fourth-order valence-electron chi connectivity index (χ4n) is 3.39. The highest BCUT2D eigenvalue weighted by Crippen LogP contribution is 2.42. The number of H-pyrrole nitrogens is 1. The topological polar surface area (TPSA) is 83.0 Å². The van der Waals surface area contributed by atoms with E-state index in [0.29, 0.717) is 43.1 Å². The van der Waals surface area contributed by atoms with Crippen LogP contribution in [0.15, 0.2) is 29.3 Å². The molecule has 2 aromatic rings. The van der Waals surface area contributed by atoms with Crippen molar-refractivity contribution in [1.29, 1.82) is 0 Å². The van der Waals surface area contributed by atoms with Gasteiger partial charge in [-0.2, -0.15) is 5.10 Å². The van der Waals surface area contributed by atoms with E-state index in [2.05, 4.69) is 15.5 Å². The summed E-state index contributed by atoms with van der Waals surface area (Å²) in [5, 5.41) is 8.99. The molecule has 1 aliphatic carbocycles. The van der Waals surface area contributed by atoms with Gasteiger partial charge in [-0.25, -0.2) is 19.1 Å². The lowest BCUT2D eigenvalue weighted by atomic mass is 10.1. The molecule has 7 nitrogen and oxygen atoms in total. The number of benzene rings is 1. The van der Waals surface area contributed by atoms with Gasteiger partial charge in [-0.3, -0.25) is 4.57 Å². The molecule has 0 bridgehead atoms. The van der Waals surface area contributed by atoms with Gasteiger partial charge in [0.1, 0.15) is 12.1 Å². The number of aromatic amines is 1. The Labute approximate surface area is 143 Å². The summed E-state index contributed by atoms with van der Waals surface area (Å²) in [7, 11) is 0. The molecule has 1 saturated carbocycles. The number of urea groups is 1. The summed E-state index contributed by atoms with van der Waals surface area (Å²) in [6, 6.07) is 4.62. The van der Waals surface area contributed by atoms with E-state index in [0.717, 1.165) is 12.8 Å². The average Bonchev–Trinajstić information content (AvgIpc) is 3.37. The molecule has 0 atom stereocenters. The third kappa shape index (κ3) is 3.29. The maximum atomic E-state index is 13.8. The van der Waals surface area contributed by atoms with Crippen LogP contribution in [0, 0.1) is 5.82 Å². The molecule has 2 N–H and O–H groups in total. The lowest BCUT2D eigenvalue weighted by Gasteiger charge is -2.32. The molecule has 2 heterocycles. The molecule has 1 aromatic carbocycles. The molecule has 4 rings (SSSR count). The first-order valence-electron chi connectivity index (χ1n) is 8.58. The fraction of sp³-hybridized carbons (Fsp3) is 0.471. The average molecular weight is 345 g/mol. The van der Waals surface area contributed by atoms with E-state index < -0.39 is 0 Å². The molecule has 2 amide bonds. The zero-order valence-electron chi connectivity index (χ0n) is 13.7. The Kier molecular flexibility index (Phi) is 4.03. The van der Waals surface area contributed by atoms with Gasteiger partial charge in [0.2, 0.25) is 0 Å². The lowest BCUT2D eigenvalue weighted by molar-refractivity contribution is 0.183. The SMILES string of the molecule is O=C(Nc1ccc(F)c(C2CC2)c1)N1CCC(n2cn[nH]c2=O)CC1. The van der Waals surface area contributed by atoms with Gasteiger partial charge in [0.05, 0.1) is 0 Å². The van der Waals surface area contributed by atoms with E-state index in [1.54, 1.807) is 21.6 Å². The summed E-state index contributed by atoms with van der Waals surface area (Å²) in [4.78, 5) is 25.8. The summed E-state index contributed by atoms with van der Waals surface area (Å²) in [5.74, 6) is 0.0905. The minimum Gasteiger partial charge on any atom is -0.324 e. The number of nitrogens with one attached hydrogen (secondary N) is 2. The third-order valence-corrected chi connectivity index (χ3v) is 4.99. The van der Waals surface area contributed by atoms with E-state index in [4.69, 9.17) is 0 Å². The van der Waals surface area contributed by atoms with Crippen molar-refractivity contribution in [3.63, 3.8) is 0 Å². The predicted octanol–water partition coefficient (Wildman–Crippen LogP) is 2.46. The van der Waals surface area contributed by atoms with Crippen LogP contribution in [0.2, 0.25) is 0 Å². The summed E-state index contributed by atoms with van der Waals surface area (Å²) in [6.45, 7) is 1.12. The second-order valence-corrected chi connectivity index (χ2v) is 6.73. The number of hydrogen-bond donors (Lipinski definition) is 2. The Bertz CT molecular complexity index is 834. The third-order valence-electron chi connectivity index (χ3n) is 4.99. The Balaban J connectivity index is 1.37. The second kappa shape index (κ2) is 6.34. The van der Waals surface area contributed by atoms with Crippen LogP contribution in [0.5, 0.6) is 0 Å². The van der Waals surface area contributed by atoms with E-state index in [-0.39, 0.29) is 23.6 Å². The molecule has 2 fully saturated rings. The highest BCUT2D eigenvalue weighted by Gasteiger charge is 2.28. The smallest absolute Gasteiger partial charge is 0.324 e. The number of piperidine rings is 1. The summed E-state index contributed by atoms with van der Waals surface area (Å²) in [6.07, 6.45) is 4.91. The predicted molar refractivity (Wildman–Crippen MR) is 90.1 cm³/mol. The molecule has 0 radical (unpaired) electrons. The van der Waals surface area contributed by atoms with Crippen molar-refractivity contribution in [3.05, 3.63) is 46.4 Å². The number of carbonyl (C=O) groups excluding carboxylic acids is 1. The number of carbonyl (C=O) groups is 1. The Morgan fingerprint density at radius 3 is 2.64 bits per heavy atom. The standard InChI is InChI=1S/C17H20FN5O2/c18-15-4-3-12(9-14(15)11-1-2-11)20-16(24)22-7-5-13(6-8-22)23-10-19-21-17(23)25/h3-4,9-11,13H,1-2,5-8H2,(H,20,24)(H,21,25). The minimum absolute atomic E-state index is 0.0580. The molecule has 8 heteroatoms. The number of amides is 2. The lowest BCUT2D eigenvalue weighted by Crippen LogP contribution is -2.42. The van der Waals surface area contributed by atoms with Crippen LogP contribution in [0.1, 0.15) is 43.2 Å². The largest absolute Gasteiger partial charge is 0.343 e. The van der Waals surface area contributed by atoms with Gasteiger partial charge >= 0.3 is 11.7 Å². The van der Waals surface area contributed by atoms with Crippen molar-refractivity contribution in [2.24, 2.45) is 0 Å². The van der Waals surface area contributed by atoms with Gasteiger partial charge in [-0.1, -0.05) is 0 Å². The molecule has 2 aliphatic rings. The zero-order chi connectivity index (χ0) is 17.4. The Morgan fingerprint density at radius 1 is 1.24 bits per heavy atom. The van der Waals surface area contributed by atoms with Crippen molar-refractivity contribution in [2.45, 2.75) is 37.6 Å². The maximum absolute atomic E-state index is 13.8. The van der Waals surface area contributed by atoms with Crippen molar-refractivity contribution in [3.8, 4) is 0 Å². The molecular weight excluding hydrogens is 325 g/mol. The highest BCUT2D eigenvalue weighted by atomic mass is 19.1. The number of nitrogens with zero attached hydrogens (tertiary/aromatic N) is 3. The molecule has 0 spiro atoms.